The molecular weight excluding hydrogens is 293 g/mol. The van der Waals surface area contributed by atoms with E-state index in [1.165, 1.54) is 11.8 Å². The van der Waals surface area contributed by atoms with Gasteiger partial charge in [-0.2, -0.15) is 0 Å². The van der Waals surface area contributed by atoms with Crippen LogP contribution in [-0.2, 0) is 4.74 Å². The predicted octanol–water partition coefficient (Wildman–Crippen LogP) is 3.11. The minimum atomic E-state index is -0.489. The Morgan fingerprint density at radius 2 is 2.10 bits per heavy atom. The van der Waals surface area contributed by atoms with Crippen LogP contribution in [-0.4, -0.2) is 44.9 Å². The van der Waals surface area contributed by atoms with Crippen molar-refractivity contribution in [3.05, 3.63) is 18.2 Å². The molecule has 2 rings (SSSR count). The molecule has 1 atom stereocenters. The van der Waals surface area contributed by atoms with Crippen molar-refractivity contribution >= 4 is 17.9 Å². The Kier molecular flexibility index (Phi) is 5.03. The summed E-state index contributed by atoms with van der Waals surface area (Å²) in [5.74, 6) is -0.446. The van der Waals surface area contributed by atoms with Gasteiger partial charge >= 0.3 is 6.09 Å². The number of thioether (sulfide) groups is 1. The molecule has 21 heavy (non-hydrogen) atoms. The Hall–Kier alpha value is -1.37. The third kappa shape index (κ3) is 5.15. The van der Waals surface area contributed by atoms with E-state index in [-0.39, 0.29) is 11.3 Å². The summed E-state index contributed by atoms with van der Waals surface area (Å²) in [7, 11) is 0. The summed E-state index contributed by atoms with van der Waals surface area (Å²) < 4.78 is 18.2. The lowest BCUT2D eigenvalue weighted by molar-refractivity contribution is 0.0220. The van der Waals surface area contributed by atoms with Crippen LogP contribution in [0.3, 0.4) is 0 Å². The van der Waals surface area contributed by atoms with Crippen molar-refractivity contribution < 1.29 is 13.9 Å². The molecule has 0 aliphatic carbocycles. The quantitative estimate of drug-likeness (QED) is 0.785. The summed E-state index contributed by atoms with van der Waals surface area (Å²) in [5.41, 5.74) is -0.489. The molecule has 0 N–H and O–H groups in total. The molecule has 0 saturated carbocycles. The highest BCUT2D eigenvalue weighted by Gasteiger charge is 2.28. The number of ether oxygens (including phenoxy) is 1. The van der Waals surface area contributed by atoms with E-state index in [2.05, 4.69) is 9.97 Å². The smallest absolute Gasteiger partial charge is 0.410 e. The van der Waals surface area contributed by atoms with Crippen molar-refractivity contribution in [3.8, 4) is 0 Å². The lowest BCUT2D eigenvalue weighted by Gasteiger charge is -2.33. The third-order valence-corrected chi connectivity index (χ3v) is 4.04. The summed E-state index contributed by atoms with van der Waals surface area (Å²) >= 11 is 1.47. The summed E-state index contributed by atoms with van der Waals surface area (Å²) in [6.45, 7) is 6.87. The zero-order valence-electron chi connectivity index (χ0n) is 12.5. The second-order valence-corrected chi connectivity index (χ2v) is 7.26. The van der Waals surface area contributed by atoms with Crippen molar-refractivity contribution in [1.29, 1.82) is 0 Å². The standard InChI is InChI=1S/C14H20FN3O2S/c1-14(2,3)20-13(19)18-6-4-5-11(9-18)21-12-16-7-10(15)8-17-12/h7-8,11H,4-6,9H2,1-3H3/t11-/m1/s1. The first kappa shape index (κ1) is 16.0. The average Bonchev–Trinajstić information content (AvgIpc) is 2.40. The number of halogens is 1. The molecule has 116 valence electrons. The number of carbonyl (C=O) groups excluding carboxylic acids is 1. The molecule has 1 aromatic rings. The molecule has 1 fully saturated rings. The van der Waals surface area contributed by atoms with Gasteiger partial charge < -0.3 is 9.64 Å². The van der Waals surface area contributed by atoms with E-state index in [0.717, 1.165) is 25.2 Å². The zero-order valence-corrected chi connectivity index (χ0v) is 13.3. The molecule has 0 radical (unpaired) electrons. The van der Waals surface area contributed by atoms with Gasteiger partial charge in [-0.25, -0.2) is 19.2 Å². The van der Waals surface area contributed by atoms with Crippen LogP contribution in [0.4, 0.5) is 9.18 Å². The third-order valence-electron chi connectivity index (χ3n) is 2.90. The minimum absolute atomic E-state index is 0.205. The molecule has 2 heterocycles. The van der Waals surface area contributed by atoms with Gasteiger partial charge in [0.05, 0.1) is 12.4 Å². The van der Waals surface area contributed by atoms with Gasteiger partial charge in [0.1, 0.15) is 5.60 Å². The van der Waals surface area contributed by atoms with E-state index in [9.17, 15) is 9.18 Å². The van der Waals surface area contributed by atoms with Crippen molar-refractivity contribution in [2.24, 2.45) is 0 Å². The number of carbonyl (C=O) groups is 1. The van der Waals surface area contributed by atoms with Crippen LogP contribution in [0.25, 0.3) is 0 Å². The summed E-state index contributed by atoms with van der Waals surface area (Å²) in [6, 6.07) is 0. The highest BCUT2D eigenvalue weighted by Crippen LogP contribution is 2.27. The van der Waals surface area contributed by atoms with Crippen LogP contribution in [0.15, 0.2) is 17.6 Å². The fraction of sp³-hybridized carbons (Fsp3) is 0.643. The van der Waals surface area contributed by atoms with Gasteiger partial charge in [0.25, 0.3) is 0 Å². The first-order valence-corrected chi connectivity index (χ1v) is 7.83. The maximum Gasteiger partial charge on any atom is 0.410 e. The number of hydrogen-bond donors (Lipinski definition) is 0. The lowest BCUT2D eigenvalue weighted by atomic mass is 10.1. The van der Waals surface area contributed by atoms with Gasteiger partial charge in [0.2, 0.25) is 0 Å². The molecule has 1 aliphatic heterocycles. The van der Waals surface area contributed by atoms with Crippen LogP contribution < -0.4 is 0 Å². The maximum absolute atomic E-state index is 12.8. The van der Waals surface area contributed by atoms with E-state index < -0.39 is 11.4 Å². The molecular formula is C14H20FN3O2S. The number of piperidine rings is 1. The monoisotopic (exact) mass is 313 g/mol. The van der Waals surface area contributed by atoms with E-state index in [1.54, 1.807) is 4.90 Å². The number of likely N-dealkylation sites (tertiary alicyclic amines) is 1. The molecule has 1 aliphatic rings. The second-order valence-electron chi connectivity index (χ2n) is 5.99. The Labute approximate surface area is 128 Å². The molecule has 0 aromatic carbocycles. The SMILES string of the molecule is CC(C)(C)OC(=O)N1CCC[C@@H](Sc2ncc(F)cn2)C1. The molecule has 0 spiro atoms. The second kappa shape index (κ2) is 6.60. The Balaban J connectivity index is 1.91. The van der Waals surface area contributed by atoms with E-state index >= 15 is 0 Å². The molecule has 1 saturated heterocycles. The first-order chi connectivity index (χ1) is 9.83. The predicted molar refractivity (Wildman–Crippen MR) is 78.7 cm³/mol. The van der Waals surface area contributed by atoms with Gasteiger partial charge in [-0.15, -0.1) is 0 Å². The summed E-state index contributed by atoms with van der Waals surface area (Å²) in [6.07, 6.45) is 3.92. The molecule has 1 aromatic heterocycles. The van der Waals surface area contributed by atoms with Gasteiger partial charge in [-0.05, 0) is 33.6 Å². The molecule has 7 heteroatoms. The number of hydrogen-bond acceptors (Lipinski definition) is 5. The molecule has 0 bridgehead atoms. The number of aromatic nitrogens is 2. The average molecular weight is 313 g/mol. The highest BCUT2D eigenvalue weighted by molar-refractivity contribution is 7.99. The van der Waals surface area contributed by atoms with Crippen molar-refractivity contribution in [3.63, 3.8) is 0 Å². The fourth-order valence-corrected chi connectivity index (χ4v) is 3.10. The Morgan fingerprint density at radius 3 is 2.71 bits per heavy atom. The van der Waals surface area contributed by atoms with E-state index in [0.29, 0.717) is 18.2 Å². The van der Waals surface area contributed by atoms with Crippen LogP contribution >= 0.6 is 11.8 Å². The molecule has 0 unspecified atom stereocenters. The normalized spacial score (nSPS) is 19.4. The van der Waals surface area contributed by atoms with Crippen LogP contribution in [0.5, 0.6) is 0 Å². The van der Waals surface area contributed by atoms with Gasteiger partial charge in [-0.3, -0.25) is 0 Å². The summed E-state index contributed by atoms with van der Waals surface area (Å²) in [4.78, 5) is 21.7. The van der Waals surface area contributed by atoms with E-state index in [1.807, 2.05) is 20.8 Å². The number of amides is 1. The maximum atomic E-state index is 12.8. The summed E-state index contributed by atoms with van der Waals surface area (Å²) in [5, 5.41) is 0.740. The fourth-order valence-electron chi connectivity index (χ4n) is 2.04. The van der Waals surface area contributed by atoms with Gasteiger partial charge in [-0.1, -0.05) is 11.8 Å². The van der Waals surface area contributed by atoms with Crippen LogP contribution in [0.2, 0.25) is 0 Å². The van der Waals surface area contributed by atoms with Crippen molar-refractivity contribution in [2.45, 2.75) is 49.6 Å². The van der Waals surface area contributed by atoms with Gasteiger partial charge in [0, 0.05) is 18.3 Å². The zero-order chi connectivity index (χ0) is 15.5. The van der Waals surface area contributed by atoms with E-state index in [4.69, 9.17) is 4.74 Å². The van der Waals surface area contributed by atoms with Crippen LogP contribution in [0, 0.1) is 5.82 Å². The minimum Gasteiger partial charge on any atom is -0.444 e. The van der Waals surface area contributed by atoms with Crippen molar-refractivity contribution in [2.75, 3.05) is 13.1 Å². The van der Waals surface area contributed by atoms with Crippen molar-refractivity contribution in [1.82, 2.24) is 14.9 Å². The molecule has 5 nitrogen and oxygen atoms in total. The topological polar surface area (TPSA) is 55.3 Å². The van der Waals surface area contributed by atoms with Crippen LogP contribution in [0.1, 0.15) is 33.6 Å². The Morgan fingerprint density at radius 1 is 1.43 bits per heavy atom. The Bertz CT molecular complexity index is 490. The highest BCUT2D eigenvalue weighted by atomic mass is 32.2. The number of nitrogens with zero attached hydrogens (tertiary/aromatic N) is 3. The first-order valence-electron chi connectivity index (χ1n) is 6.95. The molecule has 1 amide bonds. The largest absolute Gasteiger partial charge is 0.444 e. The lowest BCUT2D eigenvalue weighted by Crippen LogP contribution is -2.43. The number of rotatable bonds is 2. The van der Waals surface area contributed by atoms with Gasteiger partial charge in [0.15, 0.2) is 11.0 Å².